The zero-order chi connectivity index (χ0) is 32.0. The molecule has 1 aromatic heterocycles. The maximum absolute atomic E-state index is 13.7. The van der Waals surface area contributed by atoms with E-state index in [1.54, 1.807) is 36.4 Å². The number of hydrogen-bond acceptors (Lipinski definition) is 11. The highest BCUT2D eigenvalue weighted by Crippen LogP contribution is 2.46. The van der Waals surface area contributed by atoms with Gasteiger partial charge in [-0.25, -0.2) is 0 Å². The Morgan fingerprint density at radius 3 is 2.59 bits per heavy atom. The predicted molar refractivity (Wildman–Crippen MR) is 176 cm³/mol. The second-order valence-corrected chi connectivity index (χ2v) is 12.8. The lowest BCUT2D eigenvalue weighted by molar-refractivity contribution is -0.132. The third-order valence-electron chi connectivity index (χ3n) is 7.58. The van der Waals surface area contributed by atoms with Crippen molar-refractivity contribution >= 4 is 45.7 Å². The summed E-state index contributed by atoms with van der Waals surface area (Å²) in [6.45, 7) is 3.42. The first-order chi connectivity index (χ1) is 22.5. The Bertz CT molecular complexity index is 1760. The van der Waals surface area contributed by atoms with Gasteiger partial charge in [0.05, 0.1) is 25.3 Å². The number of benzene rings is 3. The number of aromatic nitrogens is 2. The molecule has 2 aliphatic rings. The number of anilines is 1. The summed E-state index contributed by atoms with van der Waals surface area (Å²) in [5.74, 6) is 0.620. The molecular weight excluding hydrogens is 627 g/mol. The molecular formula is C34H33N3O7S2. The highest BCUT2D eigenvalue weighted by Gasteiger charge is 2.48. The van der Waals surface area contributed by atoms with Gasteiger partial charge in [0.1, 0.15) is 19.0 Å². The van der Waals surface area contributed by atoms with Crippen molar-refractivity contribution in [1.29, 1.82) is 0 Å². The minimum Gasteiger partial charge on any atom is -0.507 e. The van der Waals surface area contributed by atoms with Gasteiger partial charge in [0.2, 0.25) is 5.13 Å². The Morgan fingerprint density at radius 1 is 1.00 bits per heavy atom. The molecule has 238 valence electrons. The highest BCUT2D eigenvalue weighted by atomic mass is 32.2. The number of aliphatic hydroxyl groups is 1. The second-order valence-electron chi connectivity index (χ2n) is 10.6. The number of Topliss-reactive ketones (excluding diaryl/α,β-unsaturated/α-hetero) is 1. The van der Waals surface area contributed by atoms with Crippen LogP contribution in [-0.4, -0.2) is 53.9 Å². The van der Waals surface area contributed by atoms with Crippen molar-refractivity contribution in [2.24, 2.45) is 0 Å². The summed E-state index contributed by atoms with van der Waals surface area (Å²) < 4.78 is 23.6. The lowest BCUT2D eigenvalue weighted by Gasteiger charge is -2.24. The normalized spacial score (nSPS) is 16.9. The number of nitrogens with zero attached hydrogens (tertiary/aromatic N) is 3. The lowest BCUT2D eigenvalue weighted by Crippen LogP contribution is -2.29. The van der Waals surface area contributed by atoms with E-state index in [0.717, 1.165) is 24.8 Å². The van der Waals surface area contributed by atoms with Gasteiger partial charge in [-0.3, -0.25) is 14.5 Å². The van der Waals surface area contributed by atoms with E-state index in [2.05, 4.69) is 17.1 Å². The molecule has 4 aromatic rings. The highest BCUT2D eigenvalue weighted by molar-refractivity contribution is 8.00. The summed E-state index contributed by atoms with van der Waals surface area (Å²) >= 11 is 2.69. The summed E-state index contributed by atoms with van der Waals surface area (Å²) in [6, 6.07) is 19.1. The van der Waals surface area contributed by atoms with Crippen LogP contribution in [0.5, 0.6) is 23.0 Å². The van der Waals surface area contributed by atoms with Crippen LogP contribution in [0.4, 0.5) is 5.13 Å². The number of carbonyl (C=O) groups is 2. The zero-order valence-corrected chi connectivity index (χ0v) is 27.1. The van der Waals surface area contributed by atoms with Crippen LogP contribution < -0.4 is 23.8 Å². The second kappa shape index (κ2) is 14.3. The maximum Gasteiger partial charge on any atom is 0.301 e. The van der Waals surface area contributed by atoms with E-state index in [1.165, 1.54) is 35.1 Å². The van der Waals surface area contributed by atoms with Crippen molar-refractivity contribution in [2.45, 2.75) is 42.3 Å². The van der Waals surface area contributed by atoms with Crippen LogP contribution in [0.15, 0.2) is 76.6 Å². The van der Waals surface area contributed by atoms with Crippen LogP contribution >= 0.6 is 23.1 Å². The van der Waals surface area contributed by atoms with Crippen LogP contribution in [0, 0.1) is 0 Å². The van der Waals surface area contributed by atoms with Crippen molar-refractivity contribution < 1.29 is 33.6 Å². The van der Waals surface area contributed by atoms with Gasteiger partial charge in [0.25, 0.3) is 5.78 Å². The number of thioether (sulfide) groups is 1. The molecule has 1 amide bonds. The van der Waals surface area contributed by atoms with Gasteiger partial charge < -0.3 is 24.1 Å². The largest absolute Gasteiger partial charge is 0.507 e. The molecule has 12 heteroatoms. The van der Waals surface area contributed by atoms with Crippen LogP contribution in [0.25, 0.3) is 5.76 Å². The van der Waals surface area contributed by atoms with Crippen LogP contribution in [-0.2, 0) is 15.3 Å². The van der Waals surface area contributed by atoms with E-state index in [-0.39, 0.29) is 16.5 Å². The molecule has 0 radical (unpaired) electrons. The molecule has 46 heavy (non-hydrogen) atoms. The summed E-state index contributed by atoms with van der Waals surface area (Å²) in [5.41, 5.74) is 1.87. The molecule has 0 aliphatic carbocycles. The Hall–Kier alpha value is -4.55. The molecule has 1 fully saturated rings. The number of unbranched alkanes of at least 4 members (excludes halogenated alkanes) is 2. The third kappa shape index (κ3) is 6.54. The number of amides is 1. The van der Waals surface area contributed by atoms with Gasteiger partial charge >= 0.3 is 5.91 Å². The zero-order valence-electron chi connectivity index (χ0n) is 25.4. The average Bonchev–Trinajstić information content (AvgIpc) is 3.67. The Balaban J connectivity index is 1.40. The number of ether oxygens (including phenoxy) is 4. The number of aliphatic hydroxyl groups excluding tert-OH is 1. The number of fused-ring (bicyclic) bond motifs is 1. The van der Waals surface area contributed by atoms with E-state index < -0.39 is 17.7 Å². The van der Waals surface area contributed by atoms with E-state index in [1.807, 2.05) is 30.3 Å². The smallest absolute Gasteiger partial charge is 0.301 e. The first-order valence-corrected chi connectivity index (χ1v) is 16.8. The molecule has 1 saturated heterocycles. The van der Waals surface area contributed by atoms with Crippen LogP contribution in [0.2, 0.25) is 0 Å². The van der Waals surface area contributed by atoms with Crippen molar-refractivity contribution in [2.75, 3.05) is 31.8 Å². The maximum atomic E-state index is 13.7. The molecule has 3 heterocycles. The van der Waals surface area contributed by atoms with E-state index in [4.69, 9.17) is 18.9 Å². The average molecular weight is 660 g/mol. The standard InChI is InChI=1S/C34H33N3O7S2/c1-3-4-8-15-42-24-13-11-22(18-26(24)41-2)29-28(30(38)23-12-14-25-27(19-23)44-17-16-43-25)31(39)32(40)37(29)33-35-36-34(46-33)45-20-21-9-6-5-7-10-21/h5-7,9-14,18-19,29,38H,3-4,8,15-17,20H2,1-2H3/b30-28+. The van der Waals surface area contributed by atoms with Crippen molar-refractivity contribution in [3.63, 3.8) is 0 Å². The molecule has 1 N–H and O–H groups in total. The van der Waals surface area contributed by atoms with Gasteiger partial charge in [-0.2, -0.15) is 0 Å². The molecule has 2 aliphatic heterocycles. The van der Waals surface area contributed by atoms with Gasteiger partial charge in [-0.1, -0.05) is 79.3 Å². The molecule has 10 nitrogen and oxygen atoms in total. The third-order valence-corrected chi connectivity index (χ3v) is 9.70. The number of rotatable bonds is 12. The Kier molecular flexibility index (Phi) is 9.74. The van der Waals surface area contributed by atoms with Crippen LogP contribution in [0.3, 0.4) is 0 Å². The topological polar surface area (TPSA) is 120 Å². The molecule has 0 bridgehead atoms. The van der Waals surface area contributed by atoms with Gasteiger partial charge in [-0.05, 0) is 47.9 Å². The van der Waals surface area contributed by atoms with Crippen LogP contribution in [0.1, 0.15) is 48.9 Å². The Labute approximate surface area is 275 Å². The van der Waals surface area contributed by atoms with Crippen molar-refractivity contribution in [1.82, 2.24) is 10.2 Å². The van der Waals surface area contributed by atoms with Crippen molar-refractivity contribution in [3.8, 4) is 23.0 Å². The summed E-state index contributed by atoms with van der Waals surface area (Å²) in [5, 5.41) is 20.5. The summed E-state index contributed by atoms with van der Waals surface area (Å²) in [7, 11) is 1.53. The van der Waals surface area contributed by atoms with Gasteiger partial charge in [-0.15, -0.1) is 10.2 Å². The van der Waals surface area contributed by atoms with Gasteiger partial charge in [0.15, 0.2) is 27.3 Å². The molecule has 6 rings (SSSR count). The first-order valence-electron chi connectivity index (χ1n) is 15.0. The monoisotopic (exact) mass is 659 g/mol. The van der Waals surface area contributed by atoms with Crippen molar-refractivity contribution in [3.05, 3.63) is 89.0 Å². The number of methoxy groups -OCH3 is 1. The molecule has 1 unspecified atom stereocenters. The molecule has 0 spiro atoms. The fraction of sp³-hybridized carbons (Fsp3) is 0.294. The number of ketones is 1. The Morgan fingerprint density at radius 2 is 1.80 bits per heavy atom. The lowest BCUT2D eigenvalue weighted by atomic mass is 9.95. The molecule has 0 saturated carbocycles. The van der Waals surface area contributed by atoms with E-state index in [9.17, 15) is 14.7 Å². The fourth-order valence-corrected chi connectivity index (χ4v) is 7.10. The minimum atomic E-state index is -1.02. The van der Waals surface area contributed by atoms with Gasteiger partial charge in [0, 0.05) is 11.3 Å². The van der Waals surface area contributed by atoms with E-state index >= 15 is 0 Å². The molecule has 3 aromatic carbocycles. The quantitative estimate of drug-likeness (QED) is 0.0434. The molecule has 1 atom stereocenters. The van der Waals surface area contributed by atoms with E-state index in [0.29, 0.717) is 64.0 Å². The predicted octanol–water partition coefficient (Wildman–Crippen LogP) is 6.81. The minimum absolute atomic E-state index is 0.0889. The first kappa shape index (κ1) is 31.4. The summed E-state index contributed by atoms with van der Waals surface area (Å²) in [4.78, 5) is 28.8. The SMILES string of the molecule is CCCCCOc1ccc(C2/C(=C(\O)c3ccc4c(c3)OCCO4)C(=O)C(=O)N2c2nnc(SCc3ccccc3)s2)cc1OC. The number of hydrogen-bond donors (Lipinski definition) is 1. The fourth-order valence-electron chi connectivity index (χ4n) is 5.28. The summed E-state index contributed by atoms with van der Waals surface area (Å²) in [6.07, 6.45) is 3.01. The number of carbonyl (C=O) groups excluding carboxylic acids is 2.